The van der Waals surface area contributed by atoms with Crippen molar-refractivity contribution in [3.63, 3.8) is 0 Å². The van der Waals surface area contributed by atoms with Gasteiger partial charge >= 0.3 is 0 Å². The molecule has 6 nitrogen and oxygen atoms in total. The first-order chi connectivity index (χ1) is 10.8. The number of likely N-dealkylation sites (tertiary alicyclic amines) is 1. The van der Waals surface area contributed by atoms with Crippen LogP contribution in [0.4, 0.5) is 0 Å². The van der Waals surface area contributed by atoms with Gasteiger partial charge in [0.25, 0.3) is 0 Å². The maximum atomic E-state index is 12.6. The smallest absolute Gasteiger partial charge is 0.228 e. The Morgan fingerprint density at radius 3 is 2.78 bits per heavy atom. The van der Waals surface area contributed by atoms with E-state index in [0.29, 0.717) is 19.4 Å². The molecule has 1 aromatic heterocycles. The first-order valence-electron chi connectivity index (χ1n) is 8.31. The lowest BCUT2D eigenvalue weighted by atomic mass is 9.79. The van der Waals surface area contributed by atoms with Crippen molar-refractivity contribution in [3.05, 3.63) is 18.0 Å². The van der Waals surface area contributed by atoms with E-state index in [1.165, 1.54) is 0 Å². The summed E-state index contributed by atoms with van der Waals surface area (Å²) in [7, 11) is -2.92. The molecule has 1 spiro atoms. The van der Waals surface area contributed by atoms with Gasteiger partial charge in [-0.05, 0) is 39.2 Å². The number of sulfone groups is 1. The third-order valence-corrected chi connectivity index (χ3v) is 6.89. The van der Waals surface area contributed by atoms with E-state index in [4.69, 9.17) is 0 Å². The summed E-state index contributed by atoms with van der Waals surface area (Å²) in [5.41, 5.74) is 0.576. The third-order valence-electron chi connectivity index (χ3n) is 5.01. The first-order valence-corrected chi connectivity index (χ1v) is 10.1. The largest absolute Gasteiger partial charge is 0.342 e. The molecule has 0 N–H and O–H groups in total. The molecule has 128 valence electrons. The number of hydrogen-bond donors (Lipinski definition) is 0. The van der Waals surface area contributed by atoms with Crippen molar-refractivity contribution in [2.24, 2.45) is 5.41 Å². The van der Waals surface area contributed by atoms with Crippen LogP contribution in [-0.4, -0.2) is 53.6 Å². The van der Waals surface area contributed by atoms with E-state index in [1.807, 2.05) is 35.7 Å². The average Bonchev–Trinajstić information content (AvgIpc) is 3.04. The van der Waals surface area contributed by atoms with E-state index < -0.39 is 9.84 Å². The molecule has 2 aliphatic rings. The van der Waals surface area contributed by atoms with Crippen molar-refractivity contribution in [2.45, 2.75) is 45.6 Å². The Bertz CT molecular complexity index is 695. The molecule has 0 bridgehead atoms. The number of nitrogens with zero attached hydrogens (tertiary/aromatic N) is 3. The van der Waals surface area contributed by atoms with Crippen LogP contribution in [0.3, 0.4) is 0 Å². The summed E-state index contributed by atoms with van der Waals surface area (Å²) in [4.78, 5) is 14.4. The van der Waals surface area contributed by atoms with Crippen LogP contribution in [-0.2, 0) is 21.1 Å². The summed E-state index contributed by atoms with van der Waals surface area (Å²) in [6.07, 6.45) is 4.69. The number of carbonyl (C=O) groups is 1. The molecule has 1 amide bonds. The highest BCUT2D eigenvalue weighted by Crippen LogP contribution is 2.40. The number of rotatable bonds is 3. The van der Waals surface area contributed by atoms with Gasteiger partial charge in [0, 0.05) is 30.7 Å². The van der Waals surface area contributed by atoms with Gasteiger partial charge in [-0.1, -0.05) is 0 Å². The molecule has 0 aromatic carbocycles. The minimum absolute atomic E-state index is 0.0578. The Balaban J connectivity index is 1.65. The van der Waals surface area contributed by atoms with Crippen molar-refractivity contribution < 1.29 is 13.2 Å². The van der Waals surface area contributed by atoms with Crippen LogP contribution >= 0.6 is 0 Å². The topological polar surface area (TPSA) is 72.3 Å². The van der Waals surface area contributed by atoms with Gasteiger partial charge in [0.05, 0.1) is 23.6 Å². The third kappa shape index (κ3) is 3.59. The number of amides is 1. The standard InChI is InChI=1S/C16H25N3O3S/c1-13(2)19-8-4-14(17-19)10-15(20)18-7-3-5-16(11-18)6-9-23(21,22)12-16/h4,8,13H,3,5-7,9-12H2,1-2H3. The minimum atomic E-state index is -2.92. The van der Waals surface area contributed by atoms with Gasteiger partial charge in [-0.3, -0.25) is 9.48 Å². The molecule has 0 radical (unpaired) electrons. The highest BCUT2D eigenvalue weighted by molar-refractivity contribution is 7.91. The van der Waals surface area contributed by atoms with Gasteiger partial charge in [0.1, 0.15) is 0 Å². The zero-order chi connectivity index (χ0) is 16.7. The van der Waals surface area contributed by atoms with Gasteiger partial charge in [-0.2, -0.15) is 5.10 Å². The normalized spacial score (nSPS) is 27.0. The van der Waals surface area contributed by atoms with E-state index >= 15 is 0 Å². The maximum absolute atomic E-state index is 12.6. The Labute approximate surface area is 137 Å². The summed E-state index contributed by atoms with van der Waals surface area (Å²) in [6, 6.07) is 2.17. The van der Waals surface area contributed by atoms with E-state index in [0.717, 1.165) is 25.1 Å². The minimum Gasteiger partial charge on any atom is -0.342 e. The summed E-state index contributed by atoms with van der Waals surface area (Å²) >= 11 is 0. The average molecular weight is 339 g/mol. The lowest BCUT2D eigenvalue weighted by Crippen LogP contribution is -2.47. The second-order valence-corrected chi connectivity index (χ2v) is 9.50. The van der Waals surface area contributed by atoms with Crippen LogP contribution in [0.25, 0.3) is 0 Å². The molecule has 2 saturated heterocycles. The Hall–Kier alpha value is -1.37. The fraction of sp³-hybridized carbons (Fsp3) is 0.750. The molecule has 7 heteroatoms. The first kappa shape index (κ1) is 16.5. The SMILES string of the molecule is CC(C)n1ccc(CC(=O)N2CCCC3(CCS(=O)(=O)C3)C2)n1. The summed E-state index contributed by atoms with van der Waals surface area (Å²) in [6.45, 7) is 5.41. The predicted molar refractivity (Wildman–Crippen MR) is 87.8 cm³/mol. The summed E-state index contributed by atoms with van der Waals surface area (Å²) in [5.74, 6) is 0.571. The predicted octanol–water partition coefficient (Wildman–Crippen LogP) is 1.43. The molecule has 2 fully saturated rings. The van der Waals surface area contributed by atoms with Crippen LogP contribution in [0.15, 0.2) is 12.3 Å². The van der Waals surface area contributed by atoms with Crippen molar-refractivity contribution >= 4 is 15.7 Å². The molecular weight excluding hydrogens is 314 g/mol. The lowest BCUT2D eigenvalue weighted by Gasteiger charge is -2.39. The van der Waals surface area contributed by atoms with E-state index in [1.54, 1.807) is 0 Å². The second kappa shape index (κ2) is 5.92. The van der Waals surface area contributed by atoms with Crippen molar-refractivity contribution in [3.8, 4) is 0 Å². The molecule has 2 aliphatic heterocycles. The summed E-state index contributed by atoms with van der Waals surface area (Å²) < 4.78 is 25.5. The Morgan fingerprint density at radius 1 is 1.39 bits per heavy atom. The molecular formula is C16H25N3O3S. The zero-order valence-corrected chi connectivity index (χ0v) is 14.7. The van der Waals surface area contributed by atoms with Gasteiger partial charge in [-0.25, -0.2) is 8.42 Å². The summed E-state index contributed by atoms with van der Waals surface area (Å²) in [5, 5.41) is 4.43. The maximum Gasteiger partial charge on any atom is 0.228 e. The number of aromatic nitrogens is 2. The van der Waals surface area contributed by atoms with Crippen LogP contribution in [0.2, 0.25) is 0 Å². The molecule has 0 saturated carbocycles. The zero-order valence-electron chi connectivity index (χ0n) is 13.9. The fourth-order valence-electron chi connectivity index (χ4n) is 3.75. The van der Waals surface area contributed by atoms with E-state index in [9.17, 15) is 13.2 Å². The van der Waals surface area contributed by atoms with Crippen molar-refractivity contribution in [1.82, 2.24) is 14.7 Å². The molecule has 3 rings (SSSR count). The molecule has 3 heterocycles. The van der Waals surface area contributed by atoms with Crippen molar-refractivity contribution in [1.29, 1.82) is 0 Å². The van der Waals surface area contributed by atoms with Crippen molar-refractivity contribution in [2.75, 3.05) is 24.6 Å². The van der Waals surface area contributed by atoms with E-state index in [2.05, 4.69) is 5.10 Å². The number of hydrogen-bond acceptors (Lipinski definition) is 4. The van der Waals surface area contributed by atoms with Gasteiger partial charge in [0.15, 0.2) is 9.84 Å². The second-order valence-electron chi connectivity index (χ2n) is 7.32. The Morgan fingerprint density at radius 2 is 2.17 bits per heavy atom. The molecule has 23 heavy (non-hydrogen) atoms. The van der Waals surface area contributed by atoms with Gasteiger partial charge in [0.2, 0.25) is 5.91 Å². The highest BCUT2D eigenvalue weighted by Gasteiger charge is 2.45. The quantitative estimate of drug-likeness (QED) is 0.835. The van der Waals surface area contributed by atoms with Crippen LogP contribution in [0, 0.1) is 5.41 Å². The molecule has 1 aromatic rings. The number of piperidine rings is 1. The molecule has 0 aliphatic carbocycles. The number of carbonyl (C=O) groups excluding carboxylic acids is 1. The highest BCUT2D eigenvalue weighted by atomic mass is 32.2. The van der Waals surface area contributed by atoms with Gasteiger partial charge in [-0.15, -0.1) is 0 Å². The lowest BCUT2D eigenvalue weighted by molar-refractivity contribution is -0.133. The van der Waals surface area contributed by atoms with Crippen LogP contribution in [0.5, 0.6) is 0 Å². The van der Waals surface area contributed by atoms with Crippen LogP contribution in [0.1, 0.15) is 44.8 Å². The van der Waals surface area contributed by atoms with E-state index in [-0.39, 0.29) is 28.9 Å². The Kier molecular flexibility index (Phi) is 4.25. The fourth-order valence-corrected chi connectivity index (χ4v) is 5.95. The molecule has 1 unspecified atom stereocenters. The van der Waals surface area contributed by atoms with Crippen LogP contribution < -0.4 is 0 Å². The molecule has 1 atom stereocenters. The van der Waals surface area contributed by atoms with Gasteiger partial charge < -0.3 is 4.90 Å². The monoisotopic (exact) mass is 339 g/mol.